The molecule has 1 amide bonds. The van der Waals surface area contributed by atoms with Crippen molar-refractivity contribution in [1.29, 1.82) is 0 Å². The Labute approximate surface area is 124 Å². The van der Waals surface area contributed by atoms with Crippen LogP contribution in [0.5, 0.6) is 0 Å². The Kier molecular flexibility index (Phi) is 3.49. The number of rotatable bonds is 3. The van der Waals surface area contributed by atoms with Crippen molar-refractivity contribution in [2.24, 2.45) is 5.92 Å². The molecule has 0 N–H and O–H groups in total. The molecule has 3 heteroatoms. The van der Waals surface area contributed by atoms with Crippen molar-refractivity contribution >= 4 is 23.2 Å². The van der Waals surface area contributed by atoms with Crippen LogP contribution >= 0.6 is 11.6 Å². The molecule has 2 unspecified atom stereocenters. The highest BCUT2D eigenvalue weighted by atomic mass is 35.5. The molecule has 1 aliphatic rings. The standard InChI is InChI=1S/C17H16ClNO/c1-19(12-7-3-2-4-8-12)17(20)15-11-14(15)13-9-5-6-10-16(13)18/h2-10,14-15H,11H2,1H3. The molecule has 1 aliphatic carbocycles. The minimum atomic E-state index is 0.0557. The predicted octanol–water partition coefficient (Wildman–Crippen LogP) is 4.11. The number of carbonyl (C=O) groups excluding carboxylic acids is 1. The number of para-hydroxylation sites is 1. The molecule has 0 spiro atoms. The molecule has 0 aromatic heterocycles. The molecular formula is C17H16ClNO. The molecule has 2 aromatic rings. The largest absolute Gasteiger partial charge is 0.315 e. The lowest BCUT2D eigenvalue weighted by Gasteiger charge is -2.17. The van der Waals surface area contributed by atoms with Crippen LogP contribution in [0.2, 0.25) is 5.02 Å². The van der Waals surface area contributed by atoms with Gasteiger partial charge in [0, 0.05) is 23.7 Å². The van der Waals surface area contributed by atoms with Gasteiger partial charge in [-0.2, -0.15) is 0 Å². The lowest BCUT2D eigenvalue weighted by atomic mass is 10.1. The van der Waals surface area contributed by atoms with Gasteiger partial charge in [-0.25, -0.2) is 0 Å². The first kappa shape index (κ1) is 13.2. The SMILES string of the molecule is CN(C(=O)C1CC1c1ccccc1Cl)c1ccccc1. The summed E-state index contributed by atoms with van der Waals surface area (Å²) < 4.78 is 0. The van der Waals surface area contributed by atoms with Crippen LogP contribution in [0.15, 0.2) is 54.6 Å². The van der Waals surface area contributed by atoms with Gasteiger partial charge in [0.25, 0.3) is 0 Å². The third kappa shape index (κ3) is 2.44. The summed E-state index contributed by atoms with van der Waals surface area (Å²) in [6.45, 7) is 0. The molecule has 0 aliphatic heterocycles. The van der Waals surface area contributed by atoms with E-state index in [9.17, 15) is 4.79 Å². The van der Waals surface area contributed by atoms with Crippen LogP contribution in [0.1, 0.15) is 17.9 Å². The van der Waals surface area contributed by atoms with Gasteiger partial charge in [0.2, 0.25) is 5.91 Å². The third-order valence-electron chi connectivity index (χ3n) is 3.89. The van der Waals surface area contributed by atoms with Crippen LogP contribution in [0, 0.1) is 5.92 Å². The Morgan fingerprint density at radius 2 is 1.75 bits per heavy atom. The van der Waals surface area contributed by atoms with E-state index < -0.39 is 0 Å². The van der Waals surface area contributed by atoms with Gasteiger partial charge in [-0.15, -0.1) is 0 Å². The average molecular weight is 286 g/mol. The van der Waals surface area contributed by atoms with Crippen LogP contribution in [0.4, 0.5) is 5.69 Å². The summed E-state index contributed by atoms with van der Waals surface area (Å²) in [5.74, 6) is 0.489. The summed E-state index contributed by atoms with van der Waals surface area (Å²) in [7, 11) is 1.83. The van der Waals surface area contributed by atoms with Crippen molar-refractivity contribution in [3.05, 3.63) is 65.2 Å². The highest BCUT2D eigenvalue weighted by Gasteiger charge is 2.46. The number of hydrogen-bond donors (Lipinski definition) is 0. The molecule has 2 aromatic carbocycles. The van der Waals surface area contributed by atoms with Crippen molar-refractivity contribution in [2.45, 2.75) is 12.3 Å². The van der Waals surface area contributed by atoms with E-state index in [1.165, 1.54) is 0 Å². The lowest BCUT2D eigenvalue weighted by molar-refractivity contribution is -0.119. The quantitative estimate of drug-likeness (QED) is 0.831. The van der Waals surface area contributed by atoms with Crippen molar-refractivity contribution in [1.82, 2.24) is 0 Å². The molecule has 2 nitrogen and oxygen atoms in total. The number of nitrogens with zero attached hydrogens (tertiary/aromatic N) is 1. The number of amides is 1. The molecule has 3 rings (SSSR count). The van der Waals surface area contributed by atoms with E-state index in [0.717, 1.165) is 22.7 Å². The third-order valence-corrected chi connectivity index (χ3v) is 4.23. The second kappa shape index (κ2) is 5.29. The van der Waals surface area contributed by atoms with E-state index >= 15 is 0 Å². The van der Waals surface area contributed by atoms with Crippen LogP contribution in [0.3, 0.4) is 0 Å². The van der Waals surface area contributed by atoms with E-state index in [4.69, 9.17) is 11.6 Å². The van der Waals surface area contributed by atoms with E-state index in [1.54, 1.807) is 4.90 Å². The first-order chi connectivity index (χ1) is 9.68. The Bertz CT molecular complexity index is 626. The number of carbonyl (C=O) groups is 1. The smallest absolute Gasteiger partial charge is 0.230 e. The number of benzene rings is 2. The molecule has 0 radical (unpaired) electrons. The van der Waals surface area contributed by atoms with E-state index in [2.05, 4.69) is 0 Å². The normalized spacial score (nSPS) is 20.5. The molecule has 20 heavy (non-hydrogen) atoms. The molecule has 0 heterocycles. The fourth-order valence-corrected chi connectivity index (χ4v) is 2.89. The first-order valence-electron chi connectivity index (χ1n) is 6.75. The fraction of sp³-hybridized carbons (Fsp3) is 0.235. The maximum absolute atomic E-state index is 12.5. The number of halogens is 1. The molecule has 102 valence electrons. The van der Waals surface area contributed by atoms with Gasteiger partial charge < -0.3 is 4.90 Å². The van der Waals surface area contributed by atoms with Gasteiger partial charge in [-0.1, -0.05) is 48.0 Å². The summed E-state index contributed by atoms with van der Waals surface area (Å²) in [4.78, 5) is 14.2. The highest BCUT2D eigenvalue weighted by Crippen LogP contribution is 2.50. The van der Waals surface area contributed by atoms with Gasteiger partial charge in [-0.05, 0) is 36.1 Å². The second-order valence-corrected chi connectivity index (χ2v) is 5.61. The van der Waals surface area contributed by atoms with Crippen LogP contribution < -0.4 is 4.90 Å². The molecule has 0 saturated heterocycles. The molecule has 0 bridgehead atoms. The van der Waals surface area contributed by atoms with E-state index in [0.29, 0.717) is 0 Å². The molecular weight excluding hydrogens is 270 g/mol. The van der Waals surface area contributed by atoms with Crippen molar-refractivity contribution in [3.63, 3.8) is 0 Å². The molecule has 1 fully saturated rings. The van der Waals surface area contributed by atoms with E-state index in [1.807, 2.05) is 61.6 Å². The van der Waals surface area contributed by atoms with Gasteiger partial charge in [0.15, 0.2) is 0 Å². The van der Waals surface area contributed by atoms with Gasteiger partial charge in [0.05, 0.1) is 0 Å². The summed E-state index contributed by atoms with van der Waals surface area (Å²) in [5.41, 5.74) is 2.02. The van der Waals surface area contributed by atoms with Gasteiger partial charge >= 0.3 is 0 Å². The zero-order chi connectivity index (χ0) is 14.1. The van der Waals surface area contributed by atoms with E-state index in [-0.39, 0.29) is 17.7 Å². The van der Waals surface area contributed by atoms with Gasteiger partial charge in [0.1, 0.15) is 0 Å². The summed E-state index contributed by atoms with van der Waals surface area (Å²) in [6, 6.07) is 17.5. The van der Waals surface area contributed by atoms with Gasteiger partial charge in [-0.3, -0.25) is 4.79 Å². The zero-order valence-electron chi connectivity index (χ0n) is 11.3. The van der Waals surface area contributed by atoms with Crippen molar-refractivity contribution < 1.29 is 4.79 Å². The lowest BCUT2D eigenvalue weighted by Crippen LogP contribution is -2.28. The molecule has 2 atom stereocenters. The van der Waals surface area contributed by atoms with Crippen molar-refractivity contribution in [2.75, 3.05) is 11.9 Å². The summed E-state index contributed by atoms with van der Waals surface area (Å²) >= 11 is 6.20. The predicted molar refractivity (Wildman–Crippen MR) is 82.2 cm³/mol. The number of hydrogen-bond acceptors (Lipinski definition) is 1. The Morgan fingerprint density at radius 1 is 1.10 bits per heavy atom. The number of anilines is 1. The Morgan fingerprint density at radius 3 is 2.45 bits per heavy atom. The minimum absolute atomic E-state index is 0.0557. The first-order valence-corrected chi connectivity index (χ1v) is 7.13. The second-order valence-electron chi connectivity index (χ2n) is 5.20. The van der Waals surface area contributed by atoms with Crippen LogP contribution in [-0.2, 0) is 4.79 Å². The maximum atomic E-state index is 12.5. The summed E-state index contributed by atoms with van der Waals surface area (Å²) in [5, 5.41) is 0.759. The van der Waals surface area contributed by atoms with Crippen LogP contribution in [0.25, 0.3) is 0 Å². The highest BCUT2D eigenvalue weighted by molar-refractivity contribution is 6.31. The fourth-order valence-electron chi connectivity index (χ4n) is 2.62. The molecule has 1 saturated carbocycles. The maximum Gasteiger partial charge on any atom is 0.230 e. The zero-order valence-corrected chi connectivity index (χ0v) is 12.0. The Hall–Kier alpha value is -1.80. The average Bonchev–Trinajstić information content (AvgIpc) is 3.27. The Balaban J connectivity index is 1.73. The minimum Gasteiger partial charge on any atom is -0.315 e. The topological polar surface area (TPSA) is 20.3 Å². The van der Waals surface area contributed by atoms with Crippen molar-refractivity contribution in [3.8, 4) is 0 Å². The van der Waals surface area contributed by atoms with Crippen LogP contribution in [-0.4, -0.2) is 13.0 Å². The summed E-state index contributed by atoms with van der Waals surface area (Å²) in [6.07, 6.45) is 0.889. The monoisotopic (exact) mass is 285 g/mol.